The summed E-state index contributed by atoms with van der Waals surface area (Å²) in [5, 5.41) is 3.33. The Hall–Kier alpha value is -1.36. The number of hydrogen-bond acceptors (Lipinski definition) is 5. The van der Waals surface area contributed by atoms with E-state index in [1.54, 1.807) is 7.11 Å². The lowest BCUT2D eigenvalue weighted by atomic mass is 10.1. The maximum Gasteiger partial charge on any atom is 0.134 e. The first-order valence-corrected chi connectivity index (χ1v) is 7.10. The van der Waals surface area contributed by atoms with Gasteiger partial charge in [0.15, 0.2) is 0 Å². The van der Waals surface area contributed by atoms with Gasteiger partial charge >= 0.3 is 0 Å². The van der Waals surface area contributed by atoms with Gasteiger partial charge in [-0.15, -0.1) is 0 Å². The van der Waals surface area contributed by atoms with Gasteiger partial charge in [0.25, 0.3) is 0 Å². The van der Waals surface area contributed by atoms with Gasteiger partial charge in [0, 0.05) is 32.8 Å². The average molecular weight is 264 g/mol. The molecule has 1 aliphatic rings. The van der Waals surface area contributed by atoms with E-state index in [0.717, 1.165) is 56.4 Å². The molecule has 0 spiro atoms. The maximum atomic E-state index is 5.47. The third-order valence-corrected chi connectivity index (χ3v) is 3.42. The van der Waals surface area contributed by atoms with Gasteiger partial charge in [-0.1, -0.05) is 6.92 Å². The molecule has 2 rings (SSSR count). The van der Waals surface area contributed by atoms with Crippen LogP contribution in [0.2, 0.25) is 0 Å². The van der Waals surface area contributed by atoms with E-state index < -0.39 is 0 Å². The molecule has 19 heavy (non-hydrogen) atoms. The van der Waals surface area contributed by atoms with Crippen LogP contribution in [0.1, 0.15) is 32.0 Å². The molecular formula is C14H24N4O. The standard InChI is InChI=1S/C14H24N4O/c1-4-7-15-13-9-14(17-11(2)16-13)18-8-5-6-12(10-18)19-3/h9,12H,4-8,10H2,1-3H3,(H,15,16,17). The third-order valence-electron chi connectivity index (χ3n) is 3.42. The molecule has 1 N–H and O–H groups in total. The van der Waals surface area contributed by atoms with E-state index in [4.69, 9.17) is 4.74 Å². The summed E-state index contributed by atoms with van der Waals surface area (Å²) in [4.78, 5) is 11.3. The van der Waals surface area contributed by atoms with Crippen molar-refractivity contribution in [2.75, 3.05) is 37.0 Å². The van der Waals surface area contributed by atoms with E-state index in [2.05, 4.69) is 27.1 Å². The predicted molar refractivity (Wildman–Crippen MR) is 77.8 cm³/mol. The number of methoxy groups -OCH3 is 1. The van der Waals surface area contributed by atoms with E-state index in [9.17, 15) is 0 Å². The fourth-order valence-corrected chi connectivity index (χ4v) is 2.40. The van der Waals surface area contributed by atoms with Crippen LogP contribution >= 0.6 is 0 Å². The molecule has 106 valence electrons. The lowest BCUT2D eigenvalue weighted by Crippen LogP contribution is -2.39. The predicted octanol–water partition coefficient (Wildman–Crippen LogP) is 2.22. The van der Waals surface area contributed by atoms with E-state index >= 15 is 0 Å². The summed E-state index contributed by atoms with van der Waals surface area (Å²) in [6, 6.07) is 2.04. The van der Waals surface area contributed by atoms with Crippen molar-refractivity contribution in [3.05, 3.63) is 11.9 Å². The van der Waals surface area contributed by atoms with E-state index in [0.29, 0.717) is 6.10 Å². The Labute approximate surface area is 115 Å². The molecule has 1 unspecified atom stereocenters. The van der Waals surface area contributed by atoms with E-state index in [1.807, 2.05) is 13.0 Å². The lowest BCUT2D eigenvalue weighted by molar-refractivity contribution is 0.0891. The number of anilines is 2. The number of piperidine rings is 1. The molecule has 0 aliphatic carbocycles. The number of hydrogen-bond donors (Lipinski definition) is 1. The van der Waals surface area contributed by atoms with Crippen molar-refractivity contribution >= 4 is 11.6 Å². The van der Waals surface area contributed by atoms with Crippen LogP contribution in [-0.4, -0.2) is 42.8 Å². The third kappa shape index (κ3) is 3.80. The summed E-state index contributed by atoms with van der Waals surface area (Å²) >= 11 is 0. The maximum absolute atomic E-state index is 5.47. The summed E-state index contributed by atoms with van der Waals surface area (Å²) in [6.07, 6.45) is 3.70. The van der Waals surface area contributed by atoms with Crippen LogP contribution in [0, 0.1) is 6.92 Å². The van der Waals surface area contributed by atoms with Gasteiger partial charge in [0.05, 0.1) is 6.10 Å². The number of aromatic nitrogens is 2. The zero-order chi connectivity index (χ0) is 13.7. The zero-order valence-corrected chi connectivity index (χ0v) is 12.1. The monoisotopic (exact) mass is 264 g/mol. The van der Waals surface area contributed by atoms with Gasteiger partial charge < -0.3 is 15.0 Å². The molecule has 5 heteroatoms. The van der Waals surface area contributed by atoms with Crippen molar-refractivity contribution < 1.29 is 4.74 Å². The fourth-order valence-electron chi connectivity index (χ4n) is 2.40. The second kappa shape index (κ2) is 6.70. The molecule has 1 saturated heterocycles. The second-order valence-electron chi connectivity index (χ2n) is 5.03. The van der Waals surface area contributed by atoms with Gasteiger partial charge in [-0.2, -0.15) is 0 Å². The molecule has 0 radical (unpaired) electrons. The summed E-state index contributed by atoms with van der Waals surface area (Å²) in [6.45, 7) is 6.99. The summed E-state index contributed by atoms with van der Waals surface area (Å²) in [7, 11) is 1.79. The summed E-state index contributed by atoms with van der Waals surface area (Å²) < 4.78 is 5.47. The molecule has 0 bridgehead atoms. The number of nitrogens with zero attached hydrogens (tertiary/aromatic N) is 3. The minimum Gasteiger partial charge on any atom is -0.380 e. The molecule has 0 amide bonds. The highest BCUT2D eigenvalue weighted by Gasteiger charge is 2.21. The molecule has 1 aliphatic heterocycles. The minimum atomic E-state index is 0.316. The van der Waals surface area contributed by atoms with E-state index in [-0.39, 0.29) is 0 Å². The molecular weight excluding hydrogens is 240 g/mol. The minimum absolute atomic E-state index is 0.316. The highest BCUT2D eigenvalue weighted by atomic mass is 16.5. The second-order valence-corrected chi connectivity index (χ2v) is 5.03. The largest absolute Gasteiger partial charge is 0.380 e. The fraction of sp³-hybridized carbons (Fsp3) is 0.714. The molecule has 5 nitrogen and oxygen atoms in total. The topological polar surface area (TPSA) is 50.3 Å². The Morgan fingerprint density at radius 1 is 1.47 bits per heavy atom. The molecule has 0 aromatic carbocycles. The Balaban J connectivity index is 2.11. The van der Waals surface area contributed by atoms with Gasteiger partial charge in [-0.05, 0) is 26.2 Å². The van der Waals surface area contributed by atoms with Crippen molar-refractivity contribution in [1.29, 1.82) is 0 Å². The van der Waals surface area contributed by atoms with Gasteiger partial charge in [-0.3, -0.25) is 0 Å². The van der Waals surface area contributed by atoms with Gasteiger partial charge in [-0.25, -0.2) is 9.97 Å². The van der Waals surface area contributed by atoms with Crippen molar-refractivity contribution in [1.82, 2.24) is 9.97 Å². The molecule has 2 heterocycles. The van der Waals surface area contributed by atoms with E-state index in [1.165, 1.54) is 0 Å². The van der Waals surface area contributed by atoms with Crippen LogP contribution in [0.4, 0.5) is 11.6 Å². The van der Waals surface area contributed by atoms with Crippen LogP contribution in [0.15, 0.2) is 6.07 Å². The first-order valence-electron chi connectivity index (χ1n) is 7.10. The van der Waals surface area contributed by atoms with Gasteiger partial charge in [0.1, 0.15) is 17.5 Å². The smallest absolute Gasteiger partial charge is 0.134 e. The van der Waals surface area contributed by atoms with Crippen LogP contribution < -0.4 is 10.2 Å². The average Bonchev–Trinajstić information content (AvgIpc) is 2.44. The number of ether oxygens (including phenoxy) is 1. The van der Waals surface area contributed by atoms with Crippen molar-refractivity contribution in [2.45, 2.75) is 39.2 Å². The van der Waals surface area contributed by atoms with Crippen molar-refractivity contribution in [2.24, 2.45) is 0 Å². The first kappa shape index (κ1) is 14.1. The highest BCUT2D eigenvalue weighted by molar-refractivity contribution is 5.49. The summed E-state index contributed by atoms with van der Waals surface area (Å²) in [5.74, 6) is 2.74. The molecule has 1 atom stereocenters. The normalized spacial score (nSPS) is 19.5. The van der Waals surface area contributed by atoms with Crippen LogP contribution in [0.5, 0.6) is 0 Å². The molecule has 1 aromatic heterocycles. The Morgan fingerprint density at radius 2 is 2.32 bits per heavy atom. The Bertz CT molecular complexity index is 410. The number of aryl methyl sites for hydroxylation is 1. The Morgan fingerprint density at radius 3 is 3.05 bits per heavy atom. The number of rotatable bonds is 5. The number of nitrogens with one attached hydrogen (secondary N) is 1. The molecule has 1 fully saturated rings. The van der Waals surface area contributed by atoms with Gasteiger partial charge in [0.2, 0.25) is 0 Å². The molecule has 1 aromatic rings. The highest BCUT2D eigenvalue weighted by Crippen LogP contribution is 2.21. The lowest BCUT2D eigenvalue weighted by Gasteiger charge is -2.33. The first-order chi connectivity index (χ1) is 9.22. The Kier molecular flexibility index (Phi) is 4.96. The molecule has 0 saturated carbocycles. The van der Waals surface area contributed by atoms with Crippen LogP contribution in [-0.2, 0) is 4.74 Å². The van der Waals surface area contributed by atoms with Crippen LogP contribution in [0.25, 0.3) is 0 Å². The van der Waals surface area contributed by atoms with Crippen molar-refractivity contribution in [3.8, 4) is 0 Å². The summed E-state index contributed by atoms with van der Waals surface area (Å²) in [5.41, 5.74) is 0. The SMILES string of the molecule is CCCNc1cc(N2CCCC(OC)C2)nc(C)n1. The van der Waals surface area contributed by atoms with Crippen molar-refractivity contribution in [3.63, 3.8) is 0 Å². The zero-order valence-electron chi connectivity index (χ0n) is 12.1. The van der Waals surface area contributed by atoms with Crippen LogP contribution in [0.3, 0.4) is 0 Å². The quantitative estimate of drug-likeness (QED) is 0.883.